The molecule has 0 saturated carbocycles. The third-order valence-corrected chi connectivity index (χ3v) is 6.01. The lowest BCUT2D eigenvalue weighted by Crippen LogP contribution is -2.12. The number of ether oxygens (including phenoxy) is 2. The third-order valence-electron chi connectivity index (χ3n) is 4.34. The van der Waals surface area contributed by atoms with E-state index in [0.29, 0.717) is 23.6 Å². The van der Waals surface area contributed by atoms with Gasteiger partial charge in [0.25, 0.3) is 0 Å². The summed E-state index contributed by atoms with van der Waals surface area (Å²) in [5.41, 5.74) is 2.07. The van der Waals surface area contributed by atoms with E-state index in [4.69, 9.17) is 14.6 Å². The summed E-state index contributed by atoms with van der Waals surface area (Å²) in [4.78, 5) is 0.0484. The molecule has 0 bridgehead atoms. The molecule has 0 heterocycles. The fraction of sp³-hybridized carbons (Fsp3) is 0.143. The summed E-state index contributed by atoms with van der Waals surface area (Å²) < 4.78 is 48.4. The number of hydrogen-bond donors (Lipinski definition) is 2. The standard InChI is InChI=1S/C21H20BrFN2O4S/c1-28-20-10-15(12-25-16-6-8-17(9-7-16)30(24,26)27)18(22)11-21(20)29-13-14-4-2-3-5-19(14)23/h2-11,25H,12-13H2,1H3,(H2,24,26,27). The molecule has 9 heteroatoms. The van der Waals surface area contributed by atoms with Gasteiger partial charge in [-0.1, -0.05) is 34.1 Å². The minimum atomic E-state index is -3.72. The van der Waals surface area contributed by atoms with Crippen LogP contribution in [-0.2, 0) is 23.2 Å². The number of sulfonamides is 1. The van der Waals surface area contributed by atoms with Crippen molar-refractivity contribution in [3.05, 3.63) is 82.1 Å². The maximum atomic E-state index is 13.8. The van der Waals surface area contributed by atoms with Crippen LogP contribution >= 0.6 is 15.9 Å². The molecule has 0 spiro atoms. The van der Waals surface area contributed by atoms with Crippen molar-refractivity contribution >= 4 is 31.6 Å². The molecular formula is C21H20BrFN2O4S. The van der Waals surface area contributed by atoms with Crippen LogP contribution < -0.4 is 19.9 Å². The summed E-state index contributed by atoms with van der Waals surface area (Å²) in [7, 11) is -2.19. The monoisotopic (exact) mass is 494 g/mol. The first kappa shape index (κ1) is 22.1. The Bertz CT molecular complexity index is 1140. The summed E-state index contributed by atoms with van der Waals surface area (Å²) in [6, 6.07) is 16.1. The van der Waals surface area contributed by atoms with Crippen molar-refractivity contribution in [3.63, 3.8) is 0 Å². The molecule has 3 N–H and O–H groups in total. The maximum Gasteiger partial charge on any atom is 0.238 e. The second-order valence-corrected chi connectivity index (χ2v) is 8.81. The zero-order valence-electron chi connectivity index (χ0n) is 16.1. The van der Waals surface area contributed by atoms with Gasteiger partial charge in [-0.3, -0.25) is 0 Å². The molecule has 0 unspecified atom stereocenters. The molecule has 6 nitrogen and oxygen atoms in total. The fourth-order valence-electron chi connectivity index (χ4n) is 2.72. The quantitative estimate of drug-likeness (QED) is 0.483. The van der Waals surface area contributed by atoms with E-state index < -0.39 is 10.0 Å². The molecule has 0 aliphatic carbocycles. The Morgan fingerprint density at radius 1 is 1.03 bits per heavy atom. The Kier molecular flexibility index (Phi) is 6.96. The number of nitrogens with one attached hydrogen (secondary N) is 1. The zero-order valence-corrected chi connectivity index (χ0v) is 18.5. The highest BCUT2D eigenvalue weighted by molar-refractivity contribution is 9.10. The molecule has 3 rings (SSSR count). The topological polar surface area (TPSA) is 90.6 Å². The van der Waals surface area contributed by atoms with Gasteiger partial charge in [-0.15, -0.1) is 0 Å². The molecule has 0 atom stereocenters. The summed E-state index contributed by atoms with van der Waals surface area (Å²) >= 11 is 3.52. The minimum absolute atomic E-state index is 0.0484. The van der Waals surface area contributed by atoms with Crippen LogP contribution in [-0.4, -0.2) is 15.5 Å². The summed E-state index contributed by atoms with van der Waals surface area (Å²) in [6.45, 7) is 0.517. The summed E-state index contributed by atoms with van der Waals surface area (Å²) in [5.74, 6) is 0.662. The van der Waals surface area contributed by atoms with Gasteiger partial charge in [0.05, 0.1) is 12.0 Å². The maximum absolute atomic E-state index is 13.8. The van der Waals surface area contributed by atoms with Crippen LogP contribution in [0.4, 0.5) is 10.1 Å². The van der Waals surface area contributed by atoms with E-state index in [9.17, 15) is 12.8 Å². The highest BCUT2D eigenvalue weighted by Gasteiger charge is 2.12. The molecule has 0 saturated heterocycles. The number of benzene rings is 3. The molecule has 30 heavy (non-hydrogen) atoms. The van der Waals surface area contributed by atoms with Crippen molar-refractivity contribution in [2.45, 2.75) is 18.0 Å². The van der Waals surface area contributed by atoms with Crippen LogP contribution in [0, 0.1) is 5.82 Å². The first-order chi connectivity index (χ1) is 14.3. The lowest BCUT2D eigenvalue weighted by atomic mass is 10.2. The normalized spacial score (nSPS) is 11.2. The molecule has 0 aromatic heterocycles. The first-order valence-corrected chi connectivity index (χ1v) is 11.2. The molecule has 0 aliphatic rings. The van der Waals surface area contributed by atoms with E-state index in [1.165, 1.54) is 25.3 Å². The largest absolute Gasteiger partial charge is 0.493 e. The molecule has 3 aromatic carbocycles. The van der Waals surface area contributed by atoms with Crippen LogP contribution in [0.3, 0.4) is 0 Å². The van der Waals surface area contributed by atoms with Crippen molar-refractivity contribution < 1.29 is 22.3 Å². The number of methoxy groups -OCH3 is 1. The number of rotatable bonds is 8. The van der Waals surface area contributed by atoms with Gasteiger partial charge >= 0.3 is 0 Å². The van der Waals surface area contributed by atoms with Crippen molar-refractivity contribution in [2.24, 2.45) is 5.14 Å². The predicted molar refractivity (Wildman–Crippen MR) is 117 cm³/mol. The fourth-order valence-corrected chi connectivity index (χ4v) is 3.69. The van der Waals surface area contributed by atoms with E-state index in [-0.39, 0.29) is 17.3 Å². The van der Waals surface area contributed by atoms with Crippen LogP contribution in [0.2, 0.25) is 0 Å². The Balaban J connectivity index is 1.71. The minimum Gasteiger partial charge on any atom is -0.493 e. The molecule has 0 fully saturated rings. The predicted octanol–water partition coefficient (Wildman–Crippen LogP) is 4.44. The van der Waals surface area contributed by atoms with Gasteiger partial charge in [-0.05, 0) is 48.0 Å². The lowest BCUT2D eigenvalue weighted by Gasteiger charge is -2.15. The highest BCUT2D eigenvalue weighted by Crippen LogP contribution is 2.34. The van der Waals surface area contributed by atoms with Gasteiger partial charge in [0.1, 0.15) is 12.4 Å². The average Bonchev–Trinajstić information content (AvgIpc) is 2.72. The van der Waals surface area contributed by atoms with E-state index >= 15 is 0 Å². The Morgan fingerprint density at radius 2 is 1.73 bits per heavy atom. The Labute approximate surface area is 183 Å². The van der Waals surface area contributed by atoms with Crippen molar-refractivity contribution in [1.29, 1.82) is 0 Å². The van der Waals surface area contributed by atoms with E-state index in [1.54, 1.807) is 36.4 Å². The van der Waals surface area contributed by atoms with Gasteiger partial charge in [0.15, 0.2) is 11.5 Å². The number of hydrogen-bond acceptors (Lipinski definition) is 5. The number of anilines is 1. The molecule has 0 amide bonds. The number of nitrogens with two attached hydrogens (primary N) is 1. The number of primary sulfonamides is 1. The molecular weight excluding hydrogens is 475 g/mol. The second-order valence-electron chi connectivity index (χ2n) is 6.40. The highest BCUT2D eigenvalue weighted by atomic mass is 79.9. The SMILES string of the molecule is COc1cc(CNc2ccc(S(N)(=O)=O)cc2)c(Br)cc1OCc1ccccc1F. The van der Waals surface area contributed by atoms with Gasteiger partial charge in [0, 0.05) is 22.3 Å². The Morgan fingerprint density at radius 3 is 2.37 bits per heavy atom. The second kappa shape index (κ2) is 9.46. The Hall–Kier alpha value is -2.62. The van der Waals surface area contributed by atoms with Gasteiger partial charge < -0.3 is 14.8 Å². The van der Waals surface area contributed by atoms with E-state index in [2.05, 4.69) is 21.2 Å². The van der Waals surface area contributed by atoms with Gasteiger partial charge in [-0.2, -0.15) is 0 Å². The zero-order chi connectivity index (χ0) is 21.7. The summed E-state index contributed by atoms with van der Waals surface area (Å²) in [5, 5.41) is 8.31. The smallest absolute Gasteiger partial charge is 0.238 e. The van der Waals surface area contributed by atoms with Crippen molar-refractivity contribution in [2.75, 3.05) is 12.4 Å². The first-order valence-electron chi connectivity index (χ1n) is 8.87. The lowest BCUT2D eigenvalue weighted by molar-refractivity contribution is 0.279. The number of halogens is 2. The molecule has 3 aromatic rings. The average molecular weight is 495 g/mol. The van der Waals surface area contributed by atoms with E-state index in [1.807, 2.05) is 6.07 Å². The van der Waals surface area contributed by atoms with Crippen molar-refractivity contribution in [1.82, 2.24) is 0 Å². The van der Waals surface area contributed by atoms with Crippen LogP contribution in [0.1, 0.15) is 11.1 Å². The van der Waals surface area contributed by atoms with Crippen LogP contribution in [0.25, 0.3) is 0 Å². The van der Waals surface area contributed by atoms with Crippen LogP contribution in [0.5, 0.6) is 11.5 Å². The summed E-state index contributed by atoms with van der Waals surface area (Å²) in [6.07, 6.45) is 0. The van der Waals surface area contributed by atoms with Crippen molar-refractivity contribution in [3.8, 4) is 11.5 Å². The molecule has 0 radical (unpaired) electrons. The van der Waals surface area contributed by atoms with Gasteiger partial charge in [0.2, 0.25) is 10.0 Å². The third kappa shape index (κ3) is 5.50. The molecule has 0 aliphatic heterocycles. The van der Waals surface area contributed by atoms with E-state index in [0.717, 1.165) is 15.7 Å². The van der Waals surface area contributed by atoms with Crippen LogP contribution in [0.15, 0.2) is 70.0 Å². The van der Waals surface area contributed by atoms with Gasteiger partial charge in [-0.25, -0.2) is 17.9 Å². The molecule has 158 valence electrons.